The van der Waals surface area contributed by atoms with Gasteiger partial charge in [0, 0.05) is 68.9 Å². The smallest absolute Gasteiger partial charge is 0.255 e. The lowest BCUT2D eigenvalue weighted by Crippen LogP contribution is -2.52. The number of fused-ring (bicyclic) bond motifs is 2. The van der Waals surface area contributed by atoms with Crippen molar-refractivity contribution >= 4 is 28.6 Å². The first-order valence-electron chi connectivity index (χ1n) is 14.6. The summed E-state index contributed by atoms with van der Waals surface area (Å²) < 4.78 is 26.8. The molecular formula is C31H32FN5O5. The highest BCUT2D eigenvalue weighted by Gasteiger charge is 2.39. The van der Waals surface area contributed by atoms with Crippen molar-refractivity contribution in [3.05, 3.63) is 64.9 Å². The highest BCUT2D eigenvalue weighted by Crippen LogP contribution is 2.32. The number of carbonyl (C=O) groups is 3. The number of halogens is 1. The number of carbonyl (C=O) groups excluding carboxylic acids is 3. The number of ether oxygens (including phenoxy) is 2. The first kappa shape index (κ1) is 26.9. The van der Waals surface area contributed by atoms with E-state index in [-0.39, 0.29) is 36.1 Å². The largest absolute Gasteiger partial charge is 0.489 e. The first-order chi connectivity index (χ1) is 20.4. The molecule has 0 radical (unpaired) electrons. The van der Waals surface area contributed by atoms with Crippen LogP contribution in [0.1, 0.15) is 65.3 Å². The number of nitrogens with one attached hydrogen (secondary N) is 1. The van der Waals surface area contributed by atoms with Gasteiger partial charge >= 0.3 is 0 Å². The predicted octanol–water partition coefficient (Wildman–Crippen LogP) is 3.08. The maximum Gasteiger partial charge on any atom is 0.255 e. The Morgan fingerprint density at radius 1 is 1.07 bits per heavy atom. The zero-order chi connectivity index (χ0) is 28.8. The van der Waals surface area contributed by atoms with E-state index in [2.05, 4.69) is 20.2 Å². The van der Waals surface area contributed by atoms with Gasteiger partial charge in [-0.05, 0) is 67.1 Å². The lowest BCUT2D eigenvalue weighted by Gasteiger charge is -2.29. The van der Waals surface area contributed by atoms with Gasteiger partial charge in [0.15, 0.2) is 0 Å². The Balaban J connectivity index is 0.977. The maximum absolute atomic E-state index is 15.1. The van der Waals surface area contributed by atoms with Gasteiger partial charge < -0.3 is 14.4 Å². The summed E-state index contributed by atoms with van der Waals surface area (Å²) in [6.07, 6.45) is 4.78. The molecule has 0 spiro atoms. The van der Waals surface area contributed by atoms with E-state index in [1.807, 2.05) is 12.1 Å². The number of rotatable bonds is 6. The molecule has 218 valence electrons. The van der Waals surface area contributed by atoms with Gasteiger partial charge in [-0.25, -0.2) is 14.4 Å². The van der Waals surface area contributed by atoms with Crippen LogP contribution < -0.4 is 10.1 Å². The standard InChI is InChI=1S/C31H32FN5O5/c32-25-12-18(11-20-14-33-29(35-28(20)25)19-6-9-41-10-7-19)15-36-8-5-23(17-36)42-22-1-2-24-21(13-22)16-37(31(24)40)26-3-4-27(38)34-30(26)39/h1-2,11-14,19,23,26H,3-10,15-17H2,(H,34,38,39). The summed E-state index contributed by atoms with van der Waals surface area (Å²) in [5, 5.41) is 3.03. The molecule has 0 saturated carbocycles. The van der Waals surface area contributed by atoms with E-state index in [0.717, 1.165) is 36.9 Å². The SMILES string of the molecule is O=C1CCC(N2Cc3cc(OC4CCN(Cc5cc(F)c6nc(C7CCOCC7)ncc6c5)C4)ccc3C2=O)C(=O)N1. The van der Waals surface area contributed by atoms with Gasteiger partial charge in [-0.15, -0.1) is 0 Å². The van der Waals surface area contributed by atoms with Crippen molar-refractivity contribution in [1.82, 2.24) is 25.1 Å². The molecule has 2 atom stereocenters. The van der Waals surface area contributed by atoms with Gasteiger partial charge in [0.05, 0.1) is 0 Å². The minimum absolute atomic E-state index is 0.0398. The second-order valence-electron chi connectivity index (χ2n) is 11.6. The summed E-state index contributed by atoms with van der Waals surface area (Å²) in [6.45, 7) is 3.77. The molecule has 10 nitrogen and oxygen atoms in total. The fourth-order valence-electron chi connectivity index (χ4n) is 6.53. The third kappa shape index (κ3) is 5.22. The molecule has 3 amide bonds. The van der Waals surface area contributed by atoms with Crippen LogP contribution in [0.3, 0.4) is 0 Å². The molecule has 4 aliphatic heterocycles. The van der Waals surface area contributed by atoms with Crippen LogP contribution in [0.4, 0.5) is 4.39 Å². The van der Waals surface area contributed by atoms with E-state index in [1.54, 1.807) is 24.4 Å². The first-order valence-corrected chi connectivity index (χ1v) is 14.6. The van der Waals surface area contributed by atoms with Crippen molar-refractivity contribution in [3.63, 3.8) is 0 Å². The van der Waals surface area contributed by atoms with E-state index < -0.39 is 11.9 Å². The lowest BCUT2D eigenvalue weighted by molar-refractivity contribution is -0.136. The molecule has 1 N–H and O–H groups in total. The number of hydrogen-bond donors (Lipinski definition) is 1. The third-order valence-corrected chi connectivity index (χ3v) is 8.73. The summed E-state index contributed by atoms with van der Waals surface area (Å²) in [6, 6.07) is 8.31. The molecule has 7 rings (SSSR count). The quantitative estimate of drug-likeness (QED) is 0.448. The van der Waals surface area contributed by atoms with E-state index in [0.29, 0.717) is 67.3 Å². The molecule has 3 aromatic rings. The summed E-state index contributed by atoms with van der Waals surface area (Å²) in [5.41, 5.74) is 2.60. The Labute approximate surface area is 242 Å². The second-order valence-corrected chi connectivity index (χ2v) is 11.6. The van der Waals surface area contributed by atoms with Gasteiger partial charge in [0.2, 0.25) is 11.8 Å². The Kier molecular flexibility index (Phi) is 7.07. The van der Waals surface area contributed by atoms with E-state index in [4.69, 9.17) is 9.47 Å². The summed E-state index contributed by atoms with van der Waals surface area (Å²) in [4.78, 5) is 49.7. The van der Waals surface area contributed by atoms with Crippen LogP contribution in [0.25, 0.3) is 10.9 Å². The van der Waals surface area contributed by atoms with Crippen LogP contribution in [-0.2, 0) is 27.4 Å². The molecule has 42 heavy (non-hydrogen) atoms. The number of nitrogens with zero attached hydrogens (tertiary/aromatic N) is 4. The topological polar surface area (TPSA) is 114 Å². The molecule has 4 aliphatic rings. The Morgan fingerprint density at radius 2 is 1.93 bits per heavy atom. The predicted molar refractivity (Wildman–Crippen MR) is 149 cm³/mol. The number of hydrogen-bond acceptors (Lipinski definition) is 8. The monoisotopic (exact) mass is 573 g/mol. The van der Waals surface area contributed by atoms with Crippen LogP contribution >= 0.6 is 0 Å². The molecule has 0 bridgehead atoms. The zero-order valence-electron chi connectivity index (χ0n) is 23.2. The van der Waals surface area contributed by atoms with Crippen LogP contribution in [-0.4, -0.2) is 75.9 Å². The second kappa shape index (κ2) is 11.0. The van der Waals surface area contributed by atoms with Crippen molar-refractivity contribution in [2.45, 2.75) is 63.3 Å². The highest BCUT2D eigenvalue weighted by molar-refractivity contribution is 6.05. The van der Waals surface area contributed by atoms with Crippen molar-refractivity contribution in [1.29, 1.82) is 0 Å². The molecule has 2 unspecified atom stereocenters. The Hall–Kier alpha value is -3.96. The average molecular weight is 574 g/mol. The average Bonchev–Trinajstić information content (AvgIpc) is 3.56. The normalized spacial score (nSPS) is 23.5. The molecule has 3 saturated heterocycles. The number of imide groups is 1. The number of amides is 3. The highest BCUT2D eigenvalue weighted by atomic mass is 19.1. The molecule has 1 aromatic heterocycles. The van der Waals surface area contributed by atoms with Gasteiger partial charge in [-0.1, -0.05) is 0 Å². The molecule has 0 aliphatic carbocycles. The van der Waals surface area contributed by atoms with Crippen molar-refractivity contribution in [3.8, 4) is 5.75 Å². The zero-order valence-corrected chi connectivity index (χ0v) is 23.2. The van der Waals surface area contributed by atoms with Crippen LogP contribution in [0.2, 0.25) is 0 Å². The molecule has 3 fully saturated rings. The van der Waals surface area contributed by atoms with E-state index >= 15 is 4.39 Å². The summed E-state index contributed by atoms with van der Waals surface area (Å²) >= 11 is 0. The van der Waals surface area contributed by atoms with Crippen molar-refractivity contribution in [2.75, 3.05) is 26.3 Å². The van der Waals surface area contributed by atoms with Gasteiger partial charge in [-0.2, -0.15) is 0 Å². The van der Waals surface area contributed by atoms with Crippen LogP contribution in [0.15, 0.2) is 36.5 Å². The summed E-state index contributed by atoms with van der Waals surface area (Å²) in [7, 11) is 0. The molecule has 2 aromatic carbocycles. The van der Waals surface area contributed by atoms with E-state index in [1.165, 1.54) is 4.90 Å². The van der Waals surface area contributed by atoms with Crippen LogP contribution in [0, 0.1) is 5.82 Å². The van der Waals surface area contributed by atoms with Crippen molar-refractivity contribution in [2.24, 2.45) is 0 Å². The van der Waals surface area contributed by atoms with E-state index in [9.17, 15) is 14.4 Å². The van der Waals surface area contributed by atoms with Gasteiger partial charge in [0.25, 0.3) is 5.91 Å². The maximum atomic E-state index is 15.1. The molecular weight excluding hydrogens is 541 g/mol. The minimum Gasteiger partial charge on any atom is -0.489 e. The molecule has 5 heterocycles. The lowest BCUT2D eigenvalue weighted by atomic mass is 9.99. The number of piperidine rings is 1. The summed E-state index contributed by atoms with van der Waals surface area (Å²) in [5.74, 6) is 0.313. The van der Waals surface area contributed by atoms with Crippen LogP contribution in [0.5, 0.6) is 5.75 Å². The number of likely N-dealkylation sites (tertiary alicyclic amines) is 1. The van der Waals surface area contributed by atoms with Gasteiger partial charge in [-0.3, -0.25) is 24.6 Å². The third-order valence-electron chi connectivity index (χ3n) is 8.73. The number of benzene rings is 2. The van der Waals surface area contributed by atoms with Crippen molar-refractivity contribution < 1.29 is 28.2 Å². The van der Waals surface area contributed by atoms with Gasteiger partial charge in [0.1, 0.15) is 35.1 Å². The Bertz CT molecular complexity index is 1570. The molecule has 11 heteroatoms. The fraction of sp³-hybridized carbons (Fsp3) is 0.452. The number of aromatic nitrogens is 2. The fourth-order valence-corrected chi connectivity index (χ4v) is 6.53. The Morgan fingerprint density at radius 3 is 2.76 bits per heavy atom. The minimum atomic E-state index is -0.643.